The number of benzene rings is 1. The summed E-state index contributed by atoms with van der Waals surface area (Å²) in [4.78, 5) is 4.24. The van der Waals surface area contributed by atoms with Gasteiger partial charge in [-0.1, -0.05) is 13.8 Å². The minimum absolute atomic E-state index is 0.355. The van der Waals surface area contributed by atoms with Gasteiger partial charge in [0.15, 0.2) is 17.5 Å². The van der Waals surface area contributed by atoms with Gasteiger partial charge in [0.2, 0.25) is 5.75 Å². The lowest BCUT2D eigenvalue weighted by Gasteiger charge is -2.15. The molecule has 1 aromatic rings. The van der Waals surface area contributed by atoms with E-state index >= 15 is 0 Å². The van der Waals surface area contributed by atoms with E-state index in [1.165, 1.54) is 0 Å². The number of rotatable bonds is 6. The van der Waals surface area contributed by atoms with Crippen LogP contribution in [0.3, 0.4) is 0 Å². The van der Waals surface area contributed by atoms with Crippen LogP contribution in [-0.4, -0.2) is 33.8 Å². The molecule has 0 aromatic heterocycles. The minimum atomic E-state index is 0.355. The van der Waals surface area contributed by atoms with Crippen LogP contribution in [0.25, 0.3) is 0 Å². The fraction of sp³-hybridized carbons (Fsp3) is 0.500. The SMILES string of the molecule is COc1cc(NC(N)=NCC(C)C)cc(OC)c1OC. The Hall–Kier alpha value is -2.11. The second-order valence-corrected chi connectivity index (χ2v) is 4.66. The van der Waals surface area contributed by atoms with Gasteiger partial charge in [-0.2, -0.15) is 0 Å². The molecule has 0 saturated carbocycles. The Morgan fingerprint density at radius 1 is 1.15 bits per heavy atom. The van der Waals surface area contributed by atoms with Gasteiger partial charge in [-0.25, -0.2) is 0 Å². The maximum absolute atomic E-state index is 5.83. The van der Waals surface area contributed by atoms with Crippen LogP contribution < -0.4 is 25.3 Å². The van der Waals surface area contributed by atoms with Crippen LogP contribution in [0, 0.1) is 5.92 Å². The third kappa shape index (κ3) is 4.22. The monoisotopic (exact) mass is 281 g/mol. The first-order chi connectivity index (χ1) is 9.51. The van der Waals surface area contributed by atoms with Gasteiger partial charge in [0, 0.05) is 24.4 Å². The molecule has 20 heavy (non-hydrogen) atoms. The highest BCUT2D eigenvalue weighted by molar-refractivity contribution is 5.93. The number of hydrogen-bond donors (Lipinski definition) is 2. The van der Waals surface area contributed by atoms with Crippen LogP contribution in [0.15, 0.2) is 17.1 Å². The van der Waals surface area contributed by atoms with E-state index in [0.29, 0.717) is 35.7 Å². The summed E-state index contributed by atoms with van der Waals surface area (Å²) in [7, 11) is 4.69. The molecule has 0 atom stereocenters. The Kier molecular flexibility index (Phi) is 5.96. The normalized spacial score (nSPS) is 11.4. The van der Waals surface area contributed by atoms with Crippen molar-refractivity contribution < 1.29 is 14.2 Å². The molecule has 0 amide bonds. The molecular formula is C14H23N3O3. The van der Waals surface area contributed by atoms with Gasteiger partial charge in [0.1, 0.15) is 0 Å². The Morgan fingerprint density at radius 3 is 2.10 bits per heavy atom. The molecule has 0 aliphatic rings. The van der Waals surface area contributed by atoms with Gasteiger partial charge < -0.3 is 25.3 Å². The number of methoxy groups -OCH3 is 3. The number of ether oxygens (including phenoxy) is 3. The molecule has 0 radical (unpaired) electrons. The summed E-state index contributed by atoms with van der Waals surface area (Å²) in [6.45, 7) is 4.83. The zero-order valence-electron chi connectivity index (χ0n) is 12.7. The van der Waals surface area contributed by atoms with E-state index in [0.717, 1.165) is 5.69 Å². The summed E-state index contributed by atoms with van der Waals surface area (Å²) < 4.78 is 15.8. The molecule has 0 unspecified atom stereocenters. The number of nitrogens with zero attached hydrogens (tertiary/aromatic N) is 1. The molecule has 0 aliphatic carbocycles. The van der Waals surface area contributed by atoms with Crippen molar-refractivity contribution in [2.24, 2.45) is 16.6 Å². The molecule has 0 spiro atoms. The number of guanidine groups is 1. The van der Waals surface area contributed by atoms with Crippen molar-refractivity contribution in [2.45, 2.75) is 13.8 Å². The van der Waals surface area contributed by atoms with Crippen molar-refractivity contribution in [1.29, 1.82) is 0 Å². The highest BCUT2D eigenvalue weighted by atomic mass is 16.5. The summed E-state index contributed by atoms with van der Waals surface area (Å²) in [5, 5.41) is 3.01. The predicted molar refractivity (Wildman–Crippen MR) is 81.0 cm³/mol. The van der Waals surface area contributed by atoms with Crippen LogP contribution in [0.1, 0.15) is 13.8 Å². The van der Waals surface area contributed by atoms with Crippen LogP contribution in [0.2, 0.25) is 0 Å². The first-order valence-electron chi connectivity index (χ1n) is 6.38. The maximum Gasteiger partial charge on any atom is 0.203 e. The molecule has 0 bridgehead atoms. The second-order valence-electron chi connectivity index (χ2n) is 4.66. The lowest BCUT2D eigenvalue weighted by Crippen LogP contribution is -2.23. The largest absolute Gasteiger partial charge is 0.493 e. The molecule has 0 aliphatic heterocycles. The topological polar surface area (TPSA) is 78.1 Å². The Bertz CT molecular complexity index is 448. The Balaban J connectivity index is 2.99. The summed E-state index contributed by atoms with van der Waals surface area (Å²) in [5.41, 5.74) is 6.56. The van der Waals surface area contributed by atoms with E-state index in [9.17, 15) is 0 Å². The van der Waals surface area contributed by atoms with E-state index in [-0.39, 0.29) is 0 Å². The maximum atomic E-state index is 5.83. The first-order valence-corrected chi connectivity index (χ1v) is 6.38. The predicted octanol–water partition coefficient (Wildman–Crippen LogP) is 2.10. The summed E-state index contributed by atoms with van der Waals surface area (Å²) >= 11 is 0. The molecule has 6 nitrogen and oxygen atoms in total. The standard InChI is InChI=1S/C14H23N3O3/c1-9(2)8-16-14(15)17-10-6-11(18-3)13(20-5)12(7-10)19-4/h6-7,9H,8H2,1-5H3,(H3,15,16,17). The molecular weight excluding hydrogens is 258 g/mol. The van der Waals surface area contributed by atoms with Crippen LogP contribution >= 0.6 is 0 Å². The fourth-order valence-corrected chi connectivity index (χ4v) is 1.62. The molecule has 6 heteroatoms. The molecule has 3 N–H and O–H groups in total. The molecule has 1 aromatic carbocycles. The Labute approximate surface area is 119 Å². The zero-order chi connectivity index (χ0) is 15.1. The third-order valence-electron chi connectivity index (χ3n) is 2.56. The van der Waals surface area contributed by atoms with Crippen molar-refractivity contribution in [3.05, 3.63) is 12.1 Å². The van der Waals surface area contributed by atoms with Crippen molar-refractivity contribution in [3.8, 4) is 17.2 Å². The minimum Gasteiger partial charge on any atom is -0.493 e. The average Bonchev–Trinajstić information content (AvgIpc) is 2.43. The fourth-order valence-electron chi connectivity index (χ4n) is 1.62. The van der Waals surface area contributed by atoms with Crippen molar-refractivity contribution in [3.63, 3.8) is 0 Å². The van der Waals surface area contributed by atoms with Crippen molar-refractivity contribution >= 4 is 11.6 Å². The highest BCUT2D eigenvalue weighted by Gasteiger charge is 2.13. The summed E-state index contributed by atoms with van der Waals surface area (Å²) in [6.07, 6.45) is 0. The Morgan fingerprint density at radius 2 is 1.70 bits per heavy atom. The van der Waals surface area contributed by atoms with Gasteiger partial charge in [-0.3, -0.25) is 4.99 Å². The molecule has 0 saturated heterocycles. The van der Waals surface area contributed by atoms with E-state index < -0.39 is 0 Å². The second kappa shape index (κ2) is 7.47. The lowest BCUT2D eigenvalue weighted by molar-refractivity contribution is 0.324. The van der Waals surface area contributed by atoms with Gasteiger partial charge in [0.25, 0.3) is 0 Å². The smallest absolute Gasteiger partial charge is 0.203 e. The van der Waals surface area contributed by atoms with E-state index in [1.54, 1.807) is 33.5 Å². The van der Waals surface area contributed by atoms with E-state index in [4.69, 9.17) is 19.9 Å². The molecule has 112 valence electrons. The number of anilines is 1. The molecule has 1 rings (SSSR count). The zero-order valence-corrected chi connectivity index (χ0v) is 12.7. The number of hydrogen-bond acceptors (Lipinski definition) is 4. The van der Waals surface area contributed by atoms with Crippen LogP contribution in [-0.2, 0) is 0 Å². The van der Waals surface area contributed by atoms with Crippen molar-refractivity contribution in [2.75, 3.05) is 33.2 Å². The summed E-state index contributed by atoms with van der Waals surface area (Å²) in [5.74, 6) is 2.47. The highest BCUT2D eigenvalue weighted by Crippen LogP contribution is 2.39. The average molecular weight is 281 g/mol. The van der Waals surface area contributed by atoms with Crippen LogP contribution in [0.4, 0.5) is 5.69 Å². The number of nitrogens with one attached hydrogen (secondary N) is 1. The van der Waals surface area contributed by atoms with E-state index in [2.05, 4.69) is 24.2 Å². The quantitative estimate of drug-likeness (QED) is 0.616. The number of nitrogens with two attached hydrogens (primary N) is 1. The number of aliphatic imine (C=N–C) groups is 1. The van der Waals surface area contributed by atoms with E-state index in [1.807, 2.05) is 0 Å². The van der Waals surface area contributed by atoms with Crippen LogP contribution in [0.5, 0.6) is 17.2 Å². The van der Waals surface area contributed by atoms with Gasteiger partial charge >= 0.3 is 0 Å². The first kappa shape index (κ1) is 15.9. The van der Waals surface area contributed by atoms with Gasteiger partial charge in [0.05, 0.1) is 21.3 Å². The van der Waals surface area contributed by atoms with Crippen molar-refractivity contribution in [1.82, 2.24) is 0 Å². The van der Waals surface area contributed by atoms with Gasteiger partial charge in [-0.15, -0.1) is 0 Å². The van der Waals surface area contributed by atoms with Gasteiger partial charge in [-0.05, 0) is 5.92 Å². The third-order valence-corrected chi connectivity index (χ3v) is 2.56. The molecule has 0 heterocycles. The lowest BCUT2D eigenvalue weighted by atomic mass is 10.2. The molecule has 0 fully saturated rings. The summed E-state index contributed by atoms with van der Waals surface area (Å²) in [6, 6.07) is 3.55.